The van der Waals surface area contributed by atoms with Crippen LogP contribution in [0.4, 0.5) is 24.7 Å². The molecule has 148 valence electrons. The number of halogens is 5. The summed E-state index contributed by atoms with van der Waals surface area (Å²) in [5.74, 6) is -2.53. The first kappa shape index (κ1) is 21.4. The molecule has 0 aliphatic heterocycles. The van der Waals surface area contributed by atoms with E-state index in [1.54, 1.807) is 0 Å². The Hall–Kier alpha value is -2.92. The maximum Gasteiger partial charge on any atom is 0.417 e. The van der Waals surface area contributed by atoms with Gasteiger partial charge in [0, 0.05) is 17.3 Å². The SMILES string of the molecule is O=C(COC(=O)c1ccc(Cl)cc1[N+](=O)[O-])Nc1ncc(C(F)(F)F)cc1Cl. The van der Waals surface area contributed by atoms with E-state index in [1.165, 1.54) is 6.07 Å². The Kier molecular flexibility index (Phi) is 6.41. The molecule has 1 heterocycles. The van der Waals surface area contributed by atoms with E-state index in [2.05, 4.69) is 15.0 Å². The highest BCUT2D eigenvalue weighted by molar-refractivity contribution is 6.33. The lowest BCUT2D eigenvalue weighted by Gasteiger charge is -2.10. The number of nitrogens with one attached hydrogen (secondary N) is 1. The van der Waals surface area contributed by atoms with Crippen LogP contribution in [0.25, 0.3) is 0 Å². The van der Waals surface area contributed by atoms with Gasteiger partial charge >= 0.3 is 12.1 Å². The van der Waals surface area contributed by atoms with Gasteiger partial charge in [-0.25, -0.2) is 9.78 Å². The largest absolute Gasteiger partial charge is 0.452 e. The molecule has 0 saturated heterocycles. The number of nitrogens with zero attached hydrogens (tertiary/aromatic N) is 2. The number of pyridine rings is 1. The summed E-state index contributed by atoms with van der Waals surface area (Å²) < 4.78 is 42.3. The first-order chi connectivity index (χ1) is 13.0. The molecule has 2 rings (SSSR count). The van der Waals surface area contributed by atoms with Gasteiger partial charge < -0.3 is 10.1 Å². The summed E-state index contributed by atoms with van der Waals surface area (Å²) in [5.41, 5.74) is -2.17. The molecule has 0 saturated carbocycles. The summed E-state index contributed by atoms with van der Waals surface area (Å²) in [6.07, 6.45) is -4.20. The highest BCUT2D eigenvalue weighted by Crippen LogP contribution is 2.32. The predicted molar refractivity (Wildman–Crippen MR) is 91.3 cm³/mol. The molecule has 0 aliphatic rings. The second-order valence-corrected chi connectivity index (χ2v) is 5.94. The van der Waals surface area contributed by atoms with Crippen LogP contribution in [0, 0.1) is 10.1 Å². The number of carbonyl (C=O) groups excluding carboxylic acids is 2. The number of alkyl halides is 3. The van der Waals surface area contributed by atoms with Crippen LogP contribution in [-0.4, -0.2) is 28.4 Å². The van der Waals surface area contributed by atoms with Crippen LogP contribution >= 0.6 is 23.2 Å². The molecule has 0 unspecified atom stereocenters. The van der Waals surface area contributed by atoms with E-state index >= 15 is 0 Å². The molecule has 0 spiro atoms. The smallest absolute Gasteiger partial charge is 0.417 e. The van der Waals surface area contributed by atoms with E-state index in [1.807, 2.05) is 0 Å². The second kappa shape index (κ2) is 8.40. The highest BCUT2D eigenvalue weighted by atomic mass is 35.5. The number of esters is 1. The van der Waals surface area contributed by atoms with E-state index < -0.39 is 51.4 Å². The number of nitro benzene ring substituents is 1. The van der Waals surface area contributed by atoms with Crippen molar-refractivity contribution in [1.82, 2.24) is 4.98 Å². The van der Waals surface area contributed by atoms with Crippen molar-refractivity contribution in [3.05, 3.63) is 61.7 Å². The van der Waals surface area contributed by atoms with Crippen LogP contribution in [0.2, 0.25) is 10.0 Å². The summed E-state index contributed by atoms with van der Waals surface area (Å²) in [6.45, 7) is -0.891. The number of aromatic nitrogens is 1. The lowest BCUT2D eigenvalue weighted by Crippen LogP contribution is -2.22. The number of rotatable bonds is 5. The Bertz CT molecular complexity index is 953. The predicted octanol–water partition coefficient (Wildman–Crippen LogP) is 4.11. The van der Waals surface area contributed by atoms with Crippen molar-refractivity contribution < 1.29 is 32.4 Å². The third kappa shape index (κ3) is 5.30. The number of carbonyl (C=O) groups is 2. The molecule has 8 nitrogen and oxygen atoms in total. The minimum atomic E-state index is -4.66. The van der Waals surface area contributed by atoms with E-state index in [-0.39, 0.29) is 10.8 Å². The van der Waals surface area contributed by atoms with Crippen molar-refractivity contribution in [2.45, 2.75) is 6.18 Å². The minimum absolute atomic E-state index is 0.0176. The molecule has 13 heteroatoms. The number of hydrogen-bond acceptors (Lipinski definition) is 6. The Labute approximate surface area is 164 Å². The van der Waals surface area contributed by atoms with Crippen molar-refractivity contribution in [2.24, 2.45) is 0 Å². The first-order valence-electron chi connectivity index (χ1n) is 7.12. The van der Waals surface area contributed by atoms with Gasteiger partial charge in [0.2, 0.25) is 0 Å². The molecular formula is C15H8Cl2F3N3O5. The summed E-state index contributed by atoms with van der Waals surface area (Å²) >= 11 is 11.3. The number of ether oxygens (including phenoxy) is 1. The van der Waals surface area contributed by atoms with E-state index in [0.717, 1.165) is 12.1 Å². The van der Waals surface area contributed by atoms with Crippen molar-refractivity contribution in [2.75, 3.05) is 11.9 Å². The summed E-state index contributed by atoms with van der Waals surface area (Å²) in [4.78, 5) is 37.2. The topological polar surface area (TPSA) is 111 Å². The number of amides is 1. The molecule has 1 amide bonds. The van der Waals surface area contributed by atoms with Gasteiger partial charge in [-0.05, 0) is 18.2 Å². The Morgan fingerprint density at radius 1 is 1.25 bits per heavy atom. The molecule has 0 radical (unpaired) electrons. The van der Waals surface area contributed by atoms with Crippen LogP contribution in [0.5, 0.6) is 0 Å². The average molecular weight is 438 g/mol. The van der Waals surface area contributed by atoms with Crippen molar-refractivity contribution in [1.29, 1.82) is 0 Å². The van der Waals surface area contributed by atoms with E-state index in [4.69, 9.17) is 23.2 Å². The molecule has 0 atom stereocenters. The molecule has 1 aromatic carbocycles. The van der Waals surface area contributed by atoms with Crippen LogP contribution in [0.1, 0.15) is 15.9 Å². The molecule has 0 fully saturated rings. The molecule has 0 aliphatic carbocycles. The fourth-order valence-electron chi connectivity index (χ4n) is 1.89. The van der Waals surface area contributed by atoms with Crippen LogP contribution in [0.3, 0.4) is 0 Å². The minimum Gasteiger partial charge on any atom is -0.452 e. The van der Waals surface area contributed by atoms with Gasteiger partial charge in [0.05, 0.1) is 15.5 Å². The molecular weight excluding hydrogens is 430 g/mol. The lowest BCUT2D eigenvalue weighted by atomic mass is 10.2. The maximum absolute atomic E-state index is 12.5. The van der Waals surface area contributed by atoms with Gasteiger partial charge in [0.1, 0.15) is 5.56 Å². The molecule has 1 aromatic heterocycles. The van der Waals surface area contributed by atoms with Gasteiger partial charge in [-0.3, -0.25) is 14.9 Å². The molecule has 28 heavy (non-hydrogen) atoms. The third-order valence-electron chi connectivity index (χ3n) is 3.14. The van der Waals surface area contributed by atoms with Crippen molar-refractivity contribution >= 4 is 46.6 Å². The Morgan fingerprint density at radius 2 is 1.93 bits per heavy atom. The molecule has 0 bridgehead atoms. The number of hydrogen-bond donors (Lipinski definition) is 1. The average Bonchev–Trinajstić information content (AvgIpc) is 2.60. The van der Waals surface area contributed by atoms with Crippen LogP contribution < -0.4 is 5.32 Å². The van der Waals surface area contributed by atoms with Crippen LogP contribution in [0.15, 0.2) is 30.5 Å². The van der Waals surface area contributed by atoms with Gasteiger partial charge in [-0.1, -0.05) is 23.2 Å². The monoisotopic (exact) mass is 437 g/mol. The third-order valence-corrected chi connectivity index (χ3v) is 3.66. The van der Waals surface area contributed by atoms with Gasteiger partial charge in [0.15, 0.2) is 12.4 Å². The Morgan fingerprint density at radius 3 is 2.50 bits per heavy atom. The lowest BCUT2D eigenvalue weighted by molar-refractivity contribution is -0.385. The molecule has 1 N–H and O–H groups in total. The van der Waals surface area contributed by atoms with Crippen molar-refractivity contribution in [3.8, 4) is 0 Å². The van der Waals surface area contributed by atoms with Gasteiger partial charge in [-0.2, -0.15) is 13.2 Å². The molecule has 2 aromatic rings. The normalized spacial score (nSPS) is 11.0. The zero-order valence-corrected chi connectivity index (χ0v) is 14.9. The number of nitro groups is 1. The summed E-state index contributed by atoms with van der Waals surface area (Å²) in [6, 6.07) is 3.77. The maximum atomic E-state index is 12.5. The van der Waals surface area contributed by atoms with Crippen LogP contribution in [-0.2, 0) is 15.7 Å². The van der Waals surface area contributed by atoms with E-state index in [0.29, 0.717) is 12.3 Å². The fourth-order valence-corrected chi connectivity index (χ4v) is 2.27. The zero-order chi connectivity index (χ0) is 21.1. The van der Waals surface area contributed by atoms with Gasteiger partial charge in [0.25, 0.3) is 11.6 Å². The number of anilines is 1. The standard InChI is InChI=1S/C15H8Cl2F3N3O5/c16-8-1-2-9(11(4-8)23(26)27)14(25)28-6-12(24)22-13-10(17)3-7(5-21-13)15(18,19)20/h1-5H,6H2,(H,21,22,24). The zero-order valence-electron chi connectivity index (χ0n) is 13.4. The van der Waals surface area contributed by atoms with E-state index in [9.17, 15) is 32.9 Å². The van der Waals surface area contributed by atoms with Crippen molar-refractivity contribution in [3.63, 3.8) is 0 Å². The first-order valence-corrected chi connectivity index (χ1v) is 7.88. The van der Waals surface area contributed by atoms with Gasteiger partial charge in [-0.15, -0.1) is 0 Å². The number of benzene rings is 1. The summed E-state index contributed by atoms with van der Waals surface area (Å²) in [5, 5.41) is 12.5. The fraction of sp³-hybridized carbons (Fsp3) is 0.133. The summed E-state index contributed by atoms with van der Waals surface area (Å²) in [7, 11) is 0. The highest BCUT2D eigenvalue weighted by Gasteiger charge is 2.31. The Balaban J connectivity index is 2.03. The quantitative estimate of drug-likeness (QED) is 0.427. The second-order valence-electron chi connectivity index (χ2n) is 5.10.